The van der Waals surface area contributed by atoms with Crippen molar-refractivity contribution in [3.05, 3.63) is 59.4 Å². The van der Waals surface area contributed by atoms with Gasteiger partial charge >= 0.3 is 0 Å². The fourth-order valence-electron chi connectivity index (χ4n) is 2.56. The number of nitrogens with one attached hydrogen (secondary N) is 2. The molecule has 0 bridgehead atoms. The van der Waals surface area contributed by atoms with Crippen molar-refractivity contribution in [2.45, 2.75) is 25.3 Å². The summed E-state index contributed by atoms with van der Waals surface area (Å²) in [5, 5.41) is 2.67. The number of fused-ring (bicyclic) bond motifs is 1. The van der Waals surface area contributed by atoms with E-state index < -0.39 is 27.8 Å². The molecule has 0 aliphatic carbocycles. The van der Waals surface area contributed by atoms with Gasteiger partial charge in [0.2, 0.25) is 22.7 Å². The molecule has 1 aliphatic heterocycles. The Hall–Kier alpha value is -2.65. The van der Waals surface area contributed by atoms with Crippen molar-refractivity contribution >= 4 is 15.9 Å². The Morgan fingerprint density at radius 1 is 1.11 bits per heavy atom. The molecule has 2 N–H and O–H groups in total. The van der Waals surface area contributed by atoms with Gasteiger partial charge in [0, 0.05) is 6.54 Å². The predicted octanol–water partition coefficient (Wildman–Crippen LogP) is 1.68. The van der Waals surface area contributed by atoms with Crippen molar-refractivity contribution in [3.8, 4) is 11.5 Å². The highest BCUT2D eigenvalue weighted by Gasteiger charge is 2.21. The standard InChI is InChI=1S/C18H19FN2O5S/c1-12(21-27(23,24)10-13-2-5-15(19)6-3-13)18(22)20-9-14-4-7-16-17(8-14)26-11-25-16/h2-8,12,21H,9-11H2,1H3,(H,20,22)/t12-/m0/s1. The molecule has 0 radical (unpaired) electrons. The zero-order chi connectivity index (χ0) is 19.4. The molecular formula is C18H19FN2O5S. The van der Waals surface area contributed by atoms with Gasteiger partial charge < -0.3 is 14.8 Å². The highest BCUT2D eigenvalue weighted by molar-refractivity contribution is 7.88. The first-order chi connectivity index (χ1) is 12.8. The topological polar surface area (TPSA) is 93.7 Å². The maximum absolute atomic E-state index is 12.9. The number of carbonyl (C=O) groups is 1. The van der Waals surface area contributed by atoms with Gasteiger partial charge in [-0.05, 0) is 42.3 Å². The van der Waals surface area contributed by atoms with E-state index in [9.17, 15) is 17.6 Å². The zero-order valence-electron chi connectivity index (χ0n) is 14.6. The van der Waals surface area contributed by atoms with E-state index in [4.69, 9.17) is 9.47 Å². The lowest BCUT2D eigenvalue weighted by molar-refractivity contribution is -0.122. The summed E-state index contributed by atoms with van der Waals surface area (Å²) in [5.74, 6) is 0.00470. The number of rotatable bonds is 7. The van der Waals surface area contributed by atoms with Crippen LogP contribution in [0.25, 0.3) is 0 Å². The van der Waals surface area contributed by atoms with Crippen LogP contribution in [0.4, 0.5) is 4.39 Å². The summed E-state index contributed by atoms with van der Waals surface area (Å²) in [6, 6.07) is 9.49. The van der Waals surface area contributed by atoms with Crippen molar-refractivity contribution in [1.82, 2.24) is 10.0 Å². The van der Waals surface area contributed by atoms with Gasteiger partial charge in [-0.25, -0.2) is 17.5 Å². The third kappa shape index (κ3) is 5.18. The van der Waals surface area contributed by atoms with Gasteiger partial charge in [-0.3, -0.25) is 4.79 Å². The van der Waals surface area contributed by atoms with Gasteiger partial charge in [0.15, 0.2) is 11.5 Å². The largest absolute Gasteiger partial charge is 0.454 e. The zero-order valence-corrected chi connectivity index (χ0v) is 15.4. The van der Waals surface area contributed by atoms with Crippen molar-refractivity contribution in [2.75, 3.05) is 6.79 Å². The normalized spacial score (nSPS) is 14.0. The highest BCUT2D eigenvalue weighted by atomic mass is 32.2. The van der Waals surface area contributed by atoms with Crippen LogP contribution in [0, 0.1) is 5.82 Å². The Labute approximate surface area is 156 Å². The van der Waals surface area contributed by atoms with Crippen LogP contribution < -0.4 is 19.5 Å². The lowest BCUT2D eigenvalue weighted by Gasteiger charge is -2.14. The van der Waals surface area contributed by atoms with Crippen LogP contribution in [-0.2, 0) is 27.1 Å². The van der Waals surface area contributed by atoms with Gasteiger partial charge in [0.05, 0.1) is 11.8 Å². The minimum absolute atomic E-state index is 0.165. The van der Waals surface area contributed by atoms with E-state index in [2.05, 4.69) is 10.0 Å². The molecule has 0 fully saturated rings. The molecule has 0 aromatic heterocycles. The van der Waals surface area contributed by atoms with Crippen molar-refractivity contribution in [3.63, 3.8) is 0 Å². The summed E-state index contributed by atoms with van der Waals surface area (Å²) in [4.78, 5) is 12.2. The number of amides is 1. The molecule has 144 valence electrons. The van der Waals surface area contributed by atoms with Crippen LogP contribution in [0.15, 0.2) is 42.5 Å². The first-order valence-electron chi connectivity index (χ1n) is 8.23. The summed E-state index contributed by atoms with van der Waals surface area (Å²) in [7, 11) is -3.75. The molecule has 0 saturated heterocycles. The molecule has 0 unspecified atom stereocenters. The summed E-state index contributed by atoms with van der Waals surface area (Å²) in [6.07, 6.45) is 0. The molecule has 0 saturated carbocycles. The monoisotopic (exact) mass is 394 g/mol. The Kier molecular flexibility index (Phi) is 5.62. The summed E-state index contributed by atoms with van der Waals surface area (Å²) >= 11 is 0. The number of benzene rings is 2. The Morgan fingerprint density at radius 2 is 1.78 bits per heavy atom. The predicted molar refractivity (Wildman–Crippen MR) is 96.0 cm³/mol. The van der Waals surface area contributed by atoms with Crippen LogP contribution >= 0.6 is 0 Å². The Morgan fingerprint density at radius 3 is 2.52 bits per heavy atom. The van der Waals surface area contributed by atoms with Gasteiger partial charge in [-0.2, -0.15) is 0 Å². The number of halogens is 1. The van der Waals surface area contributed by atoms with Crippen LogP contribution in [0.5, 0.6) is 11.5 Å². The molecular weight excluding hydrogens is 375 g/mol. The molecule has 9 heteroatoms. The average Bonchev–Trinajstić information content (AvgIpc) is 3.08. The van der Waals surface area contributed by atoms with Crippen LogP contribution in [-0.4, -0.2) is 27.2 Å². The van der Waals surface area contributed by atoms with E-state index in [1.807, 2.05) is 0 Å². The molecule has 1 amide bonds. The number of sulfonamides is 1. The summed E-state index contributed by atoms with van der Waals surface area (Å²) in [5.41, 5.74) is 1.23. The van der Waals surface area contributed by atoms with Gasteiger partial charge in [-0.15, -0.1) is 0 Å². The smallest absolute Gasteiger partial charge is 0.238 e. The summed E-state index contributed by atoms with van der Waals surface area (Å²) in [6.45, 7) is 1.84. The maximum atomic E-state index is 12.9. The van der Waals surface area contributed by atoms with Crippen LogP contribution in [0.1, 0.15) is 18.1 Å². The second-order valence-corrected chi connectivity index (χ2v) is 7.88. The third-order valence-corrected chi connectivity index (χ3v) is 5.35. The van der Waals surface area contributed by atoms with Gasteiger partial charge in [0.1, 0.15) is 5.82 Å². The molecule has 0 spiro atoms. The quantitative estimate of drug-likeness (QED) is 0.745. The lowest BCUT2D eigenvalue weighted by Crippen LogP contribution is -2.44. The van der Waals surface area contributed by atoms with Gasteiger partial charge in [0.25, 0.3) is 0 Å². The summed E-state index contributed by atoms with van der Waals surface area (Å²) < 4.78 is 50.1. The average molecular weight is 394 g/mol. The number of carbonyl (C=O) groups excluding carboxylic acids is 1. The van der Waals surface area contributed by atoms with Crippen molar-refractivity contribution in [1.29, 1.82) is 0 Å². The van der Waals surface area contributed by atoms with Gasteiger partial charge in [-0.1, -0.05) is 18.2 Å². The number of hydrogen-bond acceptors (Lipinski definition) is 5. The van der Waals surface area contributed by atoms with Crippen molar-refractivity contribution in [2.24, 2.45) is 0 Å². The molecule has 1 atom stereocenters. The second-order valence-electron chi connectivity index (χ2n) is 6.13. The third-order valence-electron chi connectivity index (χ3n) is 3.92. The van der Waals surface area contributed by atoms with E-state index in [-0.39, 0.29) is 19.1 Å². The highest BCUT2D eigenvalue weighted by Crippen LogP contribution is 2.32. The maximum Gasteiger partial charge on any atom is 0.238 e. The molecule has 27 heavy (non-hydrogen) atoms. The van der Waals surface area contributed by atoms with Crippen LogP contribution in [0.2, 0.25) is 0 Å². The van der Waals surface area contributed by atoms with E-state index in [1.54, 1.807) is 18.2 Å². The molecule has 7 nitrogen and oxygen atoms in total. The van der Waals surface area contributed by atoms with Crippen molar-refractivity contribution < 1.29 is 27.1 Å². The Bertz CT molecular complexity index is 931. The molecule has 1 heterocycles. The number of ether oxygens (including phenoxy) is 2. The molecule has 3 rings (SSSR count). The molecule has 2 aromatic carbocycles. The first kappa shape index (κ1) is 19.1. The minimum Gasteiger partial charge on any atom is -0.454 e. The van der Waals surface area contributed by atoms with E-state index >= 15 is 0 Å². The lowest BCUT2D eigenvalue weighted by atomic mass is 10.2. The minimum atomic E-state index is -3.75. The second kappa shape index (κ2) is 7.93. The van der Waals surface area contributed by atoms with Crippen LogP contribution in [0.3, 0.4) is 0 Å². The molecule has 1 aliphatic rings. The fraction of sp³-hybridized carbons (Fsp3) is 0.278. The SMILES string of the molecule is C[C@H](NS(=O)(=O)Cc1ccc(F)cc1)C(=O)NCc1ccc2c(c1)OCO2. The van der Waals surface area contributed by atoms with E-state index in [0.717, 1.165) is 5.56 Å². The molecule has 2 aromatic rings. The Balaban J connectivity index is 1.52. The van der Waals surface area contributed by atoms with E-state index in [0.29, 0.717) is 17.1 Å². The number of hydrogen-bond donors (Lipinski definition) is 2. The van der Waals surface area contributed by atoms with E-state index in [1.165, 1.54) is 31.2 Å². The fourth-order valence-corrected chi connectivity index (χ4v) is 3.92. The first-order valence-corrected chi connectivity index (χ1v) is 9.88.